The highest BCUT2D eigenvalue weighted by Gasteiger charge is 2.27. The van der Waals surface area contributed by atoms with E-state index in [1.165, 1.54) is 18.2 Å². The van der Waals surface area contributed by atoms with Crippen molar-refractivity contribution < 1.29 is 26.4 Å². The Hall–Kier alpha value is -1.41. The summed E-state index contributed by atoms with van der Waals surface area (Å²) in [6.45, 7) is 0.892. The number of halogens is 3. The van der Waals surface area contributed by atoms with Gasteiger partial charge in [0.15, 0.2) is 5.78 Å². The SMILES string of the molecule is CCC(=O)c1cccc(S(=O)(=O)NCCC(F)(F)F)c1. The summed E-state index contributed by atoms with van der Waals surface area (Å²) in [7, 11) is -4.05. The van der Waals surface area contributed by atoms with Crippen LogP contribution in [0.2, 0.25) is 0 Å². The first-order valence-electron chi connectivity index (χ1n) is 5.85. The number of nitrogens with one attached hydrogen (secondary N) is 1. The zero-order valence-electron chi connectivity index (χ0n) is 10.7. The molecule has 1 N–H and O–H groups in total. The predicted octanol–water partition coefficient (Wildman–Crippen LogP) is 2.51. The number of hydrogen-bond donors (Lipinski definition) is 1. The first-order valence-corrected chi connectivity index (χ1v) is 7.33. The topological polar surface area (TPSA) is 63.2 Å². The van der Waals surface area contributed by atoms with Crippen LogP contribution in [0.15, 0.2) is 29.2 Å². The average molecular weight is 309 g/mol. The number of Topliss-reactive ketones (excluding diaryl/α,β-unsaturated/α-hetero) is 1. The molecule has 0 aliphatic rings. The van der Waals surface area contributed by atoms with Crippen molar-refractivity contribution in [1.82, 2.24) is 4.72 Å². The van der Waals surface area contributed by atoms with Crippen molar-refractivity contribution in [3.05, 3.63) is 29.8 Å². The van der Waals surface area contributed by atoms with Crippen molar-refractivity contribution in [1.29, 1.82) is 0 Å². The summed E-state index contributed by atoms with van der Waals surface area (Å²) in [4.78, 5) is 11.3. The van der Waals surface area contributed by atoms with Crippen LogP contribution in [0.1, 0.15) is 30.1 Å². The Kier molecular flexibility index (Phi) is 5.29. The van der Waals surface area contributed by atoms with E-state index in [1.807, 2.05) is 4.72 Å². The van der Waals surface area contributed by atoms with Crippen LogP contribution < -0.4 is 4.72 Å². The van der Waals surface area contributed by atoms with Crippen molar-refractivity contribution in [2.45, 2.75) is 30.8 Å². The van der Waals surface area contributed by atoms with E-state index >= 15 is 0 Å². The minimum atomic E-state index is -4.43. The van der Waals surface area contributed by atoms with Crippen LogP contribution in [0.5, 0.6) is 0 Å². The highest BCUT2D eigenvalue weighted by atomic mass is 32.2. The molecule has 1 aromatic carbocycles. The second kappa shape index (κ2) is 6.36. The third kappa shape index (κ3) is 4.93. The summed E-state index contributed by atoms with van der Waals surface area (Å²) < 4.78 is 61.3. The zero-order valence-corrected chi connectivity index (χ0v) is 11.5. The molecule has 0 radical (unpaired) electrons. The van der Waals surface area contributed by atoms with Crippen LogP contribution in [0, 0.1) is 0 Å². The van der Waals surface area contributed by atoms with Gasteiger partial charge in [0.2, 0.25) is 10.0 Å². The number of sulfonamides is 1. The van der Waals surface area contributed by atoms with Gasteiger partial charge in [-0.05, 0) is 12.1 Å². The van der Waals surface area contributed by atoms with Crippen molar-refractivity contribution in [2.24, 2.45) is 0 Å². The maximum Gasteiger partial charge on any atom is 0.390 e. The molecule has 1 rings (SSSR count). The minimum Gasteiger partial charge on any atom is -0.294 e. The number of ketones is 1. The molecule has 1 aromatic rings. The Balaban J connectivity index is 2.85. The van der Waals surface area contributed by atoms with Gasteiger partial charge in [-0.15, -0.1) is 0 Å². The summed E-state index contributed by atoms with van der Waals surface area (Å²) in [5.74, 6) is -0.239. The van der Waals surface area contributed by atoms with Gasteiger partial charge in [-0.25, -0.2) is 13.1 Å². The maximum absolute atomic E-state index is 12.0. The fourth-order valence-corrected chi connectivity index (χ4v) is 2.53. The van der Waals surface area contributed by atoms with Gasteiger partial charge in [0.25, 0.3) is 0 Å². The molecule has 0 fully saturated rings. The molecule has 0 aromatic heterocycles. The molecule has 0 atom stereocenters. The lowest BCUT2D eigenvalue weighted by molar-refractivity contribution is -0.132. The van der Waals surface area contributed by atoms with E-state index in [4.69, 9.17) is 0 Å². The van der Waals surface area contributed by atoms with Crippen molar-refractivity contribution in [2.75, 3.05) is 6.54 Å². The fraction of sp³-hybridized carbons (Fsp3) is 0.417. The molecule has 0 amide bonds. The van der Waals surface area contributed by atoms with Crippen molar-refractivity contribution in [3.63, 3.8) is 0 Å². The van der Waals surface area contributed by atoms with Crippen LogP contribution in [0.25, 0.3) is 0 Å². The smallest absolute Gasteiger partial charge is 0.294 e. The Labute approximate surface area is 115 Å². The second-order valence-electron chi connectivity index (χ2n) is 4.07. The molecule has 0 aliphatic carbocycles. The largest absolute Gasteiger partial charge is 0.390 e. The summed E-state index contributed by atoms with van der Waals surface area (Å²) in [6.07, 6.45) is -5.46. The van der Waals surface area contributed by atoms with Gasteiger partial charge in [-0.2, -0.15) is 13.2 Å². The van der Waals surface area contributed by atoms with Crippen molar-refractivity contribution >= 4 is 15.8 Å². The maximum atomic E-state index is 12.0. The number of carbonyl (C=O) groups excluding carboxylic acids is 1. The van der Waals surface area contributed by atoms with Crippen molar-refractivity contribution in [3.8, 4) is 0 Å². The number of benzene rings is 1. The summed E-state index contributed by atoms with van der Waals surface area (Å²) in [5, 5.41) is 0. The highest BCUT2D eigenvalue weighted by molar-refractivity contribution is 7.89. The summed E-state index contributed by atoms with van der Waals surface area (Å²) in [5.41, 5.74) is 0.214. The lowest BCUT2D eigenvalue weighted by Gasteiger charge is -2.09. The first kappa shape index (κ1) is 16.6. The lowest BCUT2D eigenvalue weighted by atomic mass is 10.1. The van der Waals surface area contributed by atoms with Gasteiger partial charge >= 0.3 is 6.18 Å². The molecule has 4 nitrogen and oxygen atoms in total. The quantitative estimate of drug-likeness (QED) is 0.821. The Morgan fingerprint density at radius 3 is 2.50 bits per heavy atom. The zero-order chi connectivity index (χ0) is 15.4. The van der Waals surface area contributed by atoms with Crippen LogP contribution in [0.3, 0.4) is 0 Å². The van der Waals surface area contributed by atoms with E-state index in [2.05, 4.69) is 0 Å². The molecule has 0 spiro atoms. The molecule has 112 valence electrons. The average Bonchev–Trinajstić information content (AvgIpc) is 2.36. The van der Waals surface area contributed by atoms with E-state index < -0.39 is 29.2 Å². The Morgan fingerprint density at radius 2 is 1.95 bits per heavy atom. The summed E-state index contributed by atoms with van der Waals surface area (Å²) in [6, 6.07) is 5.21. The highest BCUT2D eigenvalue weighted by Crippen LogP contribution is 2.19. The Morgan fingerprint density at radius 1 is 1.30 bits per heavy atom. The number of hydrogen-bond acceptors (Lipinski definition) is 3. The fourth-order valence-electron chi connectivity index (χ4n) is 1.45. The molecule has 0 unspecified atom stereocenters. The normalized spacial score (nSPS) is 12.4. The molecule has 20 heavy (non-hydrogen) atoms. The van der Waals surface area contributed by atoms with E-state index in [9.17, 15) is 26.4 Å². The standard InChI is InChI=1S/C12H14F3NO3S/c1-2-11(17)9-4-3-5-10(8-9)20(18,19)16-7-6-12(13,14)15/h3-5,8,16H,2,6-7H2,1H3. The van der Waals surface area contributed by atoms with Gasteiger partial charge in [0.1, 0.15) is 0 Å². The van der Waals surface area contributed by atoms with Gasteiger partial charge in [-0.1, -0.05) is 19.1 Å². The van der Waals surface area contributed by atoms with E-state index in [0.29, 0.717) is 0 Å². The van der Waals surface area contributed by atoms with E-state index in [0.717, 1.165) is 6.07 Å². The van der Waals surface area contributed by atoms with E-state index in [-0.39, 0.29) is 22.7 Å². The van der Waals surface area contributed by atoms with E-state index in [1.54, 1.807) is 6.92 Å². The third-order valence-electron chi connectivity index (χ3n) is 2.49. The number of rotatable bonds is 6. The Bertz CT molecular complexity index is 582. The number of alkyl halides is 3. The monoisotopic (exact) mass is 309 g/mol. The van der Waals surface area contributed by atoms with Gasteiger partial charge in [0.05, 0.1) is 11.3 Å². The molecule has 0 bridgehead atoms. The molecule has 0 saturated carbocycles. The summed E-state index contributed by atoms with van der Waals surface area (Å²) >= 11 is 0. The molecule has 0 saturated heterocycles. The molecular formula is C12H14F3NO3S. The second-order valence-corrected chi connectivity index (χ2v) is 5.83. The molecule has 8 heteroatoms. The van der Waals surface area contributed by atoms with Crippen LogP contribution in [-0.4, -0.2) is 26.9 Å². The minimum absolute atomic E-state index is 0.213. The van der Waals surface area contributed by atoms with Gasteiger partial charge < -0.3 is 0 Å². The molecule has 0 heterocycles. The first-order chi connectivity index (χ1) is 9.15. The van der Waals surface area contributed by atoms with Crippen LogP contribution in [-0.2, 0) is 10.0 Å². The molecular weight excluding hydrogens is 295 g/mol. The lowest BCUT2D eigenvalue weighted by Crippen LogP contribution is -2.28. The van der Waals surface area contributed by atoms with Crippen LogP contribution in [0.4, 0.5) is 13.2 Å². The van der Waals surface area contributed by atoms with Gasteiger partial charge in [0, 0.05) is 18.5 Å². The molecule has 0 aliphatic heterocycles. The predicted molar refractivity (Wildman–Crippen MR) is 66.9 cm³/mol. The van der Waals surface area contributed by atoms with Crippen LogP contribution >= 0.6 is 0 Å². The number of carbonyl (C=O) groups is 1. The third-order valence-corrected chi connectivity index (χ3v) is 3.95. The van der Waals surface area contributed by atoms with Gasteiger partial charge in [-0.3, -0.25) is 4.79 Å².